The van der Waals surface area contributed by atoms with E-state index >= 15 is 0 Å². The summed E-state index contributed by atoms with van der Waals surface area (Å²) < 4.78 is 37.8. The molecule has 102 valence electrons. The van der Waals surface area contributed by atoms with E-state index in [1.807, 2.05) is 0 Å². The molecule has 0 nitrogen and oxygen atoms in total. The average molecular weight is 258 g/mol. The van der Waals surface area contributed by atoms with Crippen molar-refractivity contribution in [1.29, 1.82) is 0 Å². The van der Waals surface area contributed by atoms with Crippen molar-refractivity contribution >= 4 is 0 Å². The van der Waals surface area contributed by atoms with Crippen molar-refractivity contribution < 1.29 is 13.2 Å². The van der Waals surface area contributed by atoms with Crippen LogP contribution in [0.15, 0.2) is 48.1 Å². The van der Waals surface area contributed by atoms with Gasteiger partial charge in [0.2, 0.25) is 0 Å². The molecule has 0 aromatic heterocycles. The molecule has 0 heterocycles. The number of hydrogen-bond donors (Lipinski definition) is 0. The molecule has 0 aliphatic heterocycles. The first-order chi connectivity index (χ1) is 8.41. The Balaban J connectivity index is 4.62. The van der Waals surface area contributed by atoms with Crippen molar-refractivity contribution in [2.24, 2.45) is 0 Å². The van der Waals surface area contributed by atoms with Crippen molar-refractivity contribution in [3.8, 4) is 0 Å². The third kappa shape index (κ3) is 7.93. The molecule has 0 aromatic carbocycles. The molecule has 0 unspecified atom stereocenters. The van der Waals surface area contributed by atoms with Crippen molar-refractivity contribution in [2.75, 3.05) is 0 Å². The molecule has 0 fully saturated rings. The third-order valence-electron chi connectivity index (χ3n) is 2.32. The van der Waals surface area contributed by atoms with Crippen LogP contribution in [0.1, 0.15) is 39.5 Å². The lowest BCUT2D eigenvalue weighted by atomic mass is 10.1. The maximum atomic E-state index is 12.6. The first kappa shape index (κ1) is 16.8. The van der Waals surface area contributed by atoms with Crippen molar-refractivity contribution in [3.05, 3.63) is 48.1 Å². The normalized spacial score (nSPS) is 13.7. The molecule has 0 saturated carbocycles. The Labute approximate surface area is 108 Å². The highest BCUT2D eigenvalue weighted by Gasteiger charge is 2.30. The van der Waals surface area contributed by atoms with Gasteiger partial charge in [-0.05, 0) is 19.3 Å². The Kier molecular flexibility index (Phi) is 8.17. The Hall–Kier alpha value is -1.25. The van der Waals surface area contributed by atoms with Gasteiger partial charge in [0.25, 0.3) is 0 Å². The number of rotatable bonds is 7. The molecule has 0 aromatic rings. The molecule has 0 N–H and O–H groups in total. The summed E-state index contributed by atoms with van der Waals surface area (Å²) in [5.74, 6) is 0. The number of hydrogen-bond acceptors (Lipinski definition) is 0. The van der Waals surface area contributed by atoms with Crippen LogP contribution in [0.5, 0.6) is 0 Å². The lowest BCUT2D eigenvalue weighted by molar-refractivity contribution is -0.0881. The molecule has 0 rings (SSSR count). The van der Waals surface area contributed by atoms with Crippen LogP contribution in [0.2, 0.25) is 0 Å². The van der Waals surface area contributed by atoms with Crippen LogP contribution in [-0.4, -0.2) is 6.18 Å². The molecule has 0 radical (unpaired) electrons. The van der Waals surface area contributed by atoms with Gasteiger partial charge in [0.05, 0.1) is 5.57 Å². The van der Waals surface area contributed by atoms with Gasteiger partial charge in [-0.15, -0.1) is 0 Å². The van der Waals surface area contributed by atoms with E-state index in [1.165, 1.54) is 12.2 Å². The van der Waals surface area contributed by atoms with Gasteiger partial charge in [0, 0.05) is 0 Å². The number of alkyl halides is 3. The van der Waals surface area contributed by atoms with E-state index in [9.17, 15) is 13.2 Å². The van der Waals surface area contributed by atoms with Crippen molar-refractivity contribution in [3.63, 3.8) is 0 Å². The summed E-state index contributed by atoms with van der Waals surface area (Å²) >= 11 is 0. The van der Waals surface area contributed by atoms with Gasteiger partial charge in [-0.1, -0.05) is 62.8 Å². The molecule has 3 heteroatoms. The van der Waals surface area contributed by atoms with Gasteiger partial charge in [-0.25, -0.2) is 0 Å². The summed E-state index contributed by atoms with van der Waals surface area (Å²) in [7, 11) is 0. The molecule has 0 atom stereocenters. The van der Waals surface area contributed by atoms with E-state index in [0.717, 1.165) is 37.0 Å². The lowest BCUT2D eigenvalue weighted by Gasteiger charge is -2.06. The minimum atomic E-state index is -4.30. The van der Waals surface area contributed by atoms with Crippen LogP contribution in [0.25, 0.3) is 0 Å². The minimum absolute atomic E-state index is 0.584. The molecule has 0 saturated heterocycles. The highest BCUT2D eigenvalue weighted by Crippen LogP contribution is 2.26. The summed E-state index contributed by atoms with van der Waals surface area (Å²) in [6.07, 6.45) is 5.92. The van der Waals surface area contributed by atoms with Crippen LogP contribution in [0.4, 0.5) is 13.2 Å². The topological polar surface area (TPSA) is 0 Å². The number of halogens is 3. The van der Waals surface area contributed by atoms with E-state index in [-0.39, 0.29) is 0 Å². The maximum absolute atomic E-state index is 12.6. The Morgan fingerprint density at radius 2 is 1.83 bits per heavy atom. The molecule has 0 bridgehead atoms. The fourth-order valence-corrected chi connectivity index (χ4v) is 1.26. The smallest absolute Gasteiger partial charge is 0.166 e. The van der Waals surface area contributed by atoms with Crippen molar-refractivity contribution in [1.82, 2.24) is 0 Å². The molecule has 0 aliphatic rings. The van der Waals surface area contributed by atoms with Gasteiger partial charge >= 0.3 is 6.18 Å². The molecule has 0 aliphatic carbocycles. The fourth-order valence-electron chi connectivity index (χ4n) is 1.26. The third-order valence-corrected chi connectivity index (χ3v) is 2.32. The van der Waals surface area contributed by atoms with E-state index < -0.39 is 11.7 Å². The van der Waals surface area contributed by atoms with Gasteiger partial charge in [-0.3, -0.25) is 0 Å². The first-order valence-corrected chi connectivity index (χ1v) is 6.21. The predicted octanol–water partition coefficient (Wildman–Crippen LogP) is 5.74. The van der Waals surface area contributed by atoms with Gasteiger partial charge < -0.3 is 0 Å². The van der Waals surface area contributed by atoms with Crippen LogP contribution in [0, 0.1) is 0 Å². The quantitative estimate of drug-likeness (QED) is 0.510. The summed E-state index contributed by atoms with van der Waals surface area (Å²) in [5.41, 5.74) is 0.220. The van der Waals surface area contributed by atoms with Crippen molar-refractivity contribution in [2.45, 2.75) is 45.7 Å². The molecular formula is C15H21F3. The SMILES string of the molecule is C=C(C=CC=C(C=CCC)C(F)(F)F)CCCC. The Morgan fingerprint density at radius 1 is 1.17 bits per heavy atom. The zero-order chi connectivity index (χ0) is 14.0. The van der Waals surface area contributed by atoms with E-state index in [2.05, 4.69) is 13.5 Å². The fraction of sp³-hybridized carbons (Fsp3) is 0.467. The van der Waals surface area contributed by atoms with Crippen LogP contribution >= 0.6 is 0 Å². The minimum Gasteiger partial charge on any atom is -0.166 e. The molecule has 0 amide bonds. The van der Waals surface area contributed by atoms with Crippen LogP contribution in [0.3, 0.4) is 0 Å². The van der Waals surface area contributed by atoms with Crippen LogP contribution in [-0.2, 0) is 0 Å². The van der Waals surface area contributed by atoms with Gasteiger partial charge in [0.1, 0.15) is 0 Å². The van der Waals surface area contributed by atoms with Crippen LogP contribution < -0.4 is 0 Å². The zero-order valence-electron chi connectivity index (χ0n) is 11.1. The Morgan fingerprint density at radius 3 is 2.33 bits per heavy atom. The van der Waals surface area contributed by atoms with E-state index in [1.54, 1.807) is 13.0 Å². The standard InChI is InChI=1S/C15H21F3/c1-4-6-9-13(3)10-8-12-14(11-7-5-2)15(16,17)18/h7-8,10-12H,3-6,9H2,1-2H3. The predicted molar refractivity (Wildman–Crippen MR) is 71.4 cm³/mol. The largest absolute Gasteiger partial charge is 0.416 e. The highest BCUT2D eigenvalue weighted by molar-refractivity contribution is 5.30. The average Bonchev–Trinajstić information content (AvgIpc) is 2.29. The molecule has 0 spiro atoms. The number of unbranched alkanes of at least 4 members (excludes halogenated alkanes) is 1. The highest BCUT2D eigenvalue weighted by atomic mass is 19.4. The zero-order valence-corrected chi connectivity index (χ0v) is 11.1. The Bertz CT molecular complexity index is 330. The monoisotopic (exact) mass is 258 g/mol. The van der Waals surface area contributed by atoms with E-state index in [4.69, 9.17) is 0 Å². The lowest BCUT2D eigenvalue weighted by Crippen LogP contribution is -2.09. The second kappa shape index (κ2) is 8.78. The first-order valence-electron chi connectivity index (χ1n) is 6.21. The second-order valence-electron chi connectivity index (χ2n) is 4.05. The maximum Gasteiger partial charge on any atom is 0.416 e. The summed E-state index contributed by atoms with van der Waals surface area (Å²) in [5, 5.41) is 0. The van der Waals surface area contributed by atoms with E-state index in [0.29, 0.717) is 6.42 Å². The summed E-state index contributed by atoms with van der Waals surface area (Å²) in [6.45, 7) is 7.66. The molecular weight excluding hydrogens is 237 g/mol. The van der Waals surface area contributed by atoms with Gasteiger partial charge in [0.15, 0.2) is 0 Å². The van der Waals surface area contributed by atoms with Gasteiger partial charge in [-0.2, -0.15) is 13.2 Å². The molecule has 18 heavy (non-hydrogen) atoms. The second-order valence-corrected chi connectivity index (χ2v) is 4.05. The number of allylic oxidation sites excluding steroid dienone is 7. The summed E-state index contributed by atoms with van der Waals surface area (Å²) in [4.78, 5) is 0. The summed E-state index contributed by atoms with van der Waals surface area (Å²) in [6, 6.07) is 0.